The summed E-state index contributed by atoms with van der Waals surface area (Å²) in [5, 5.41) is 0. The standard InChI is InChI=1S/C19H27NO4/c1-5-11-20(13-17-9-7-15(3)8-10-17)18(21)14-24-19(22)16(4)23-12-6-2/h6-10,16H,2,5,11-14H2,1,3-4H3. The number of rotatable bonds is 10. The number of aryl methyl sites for hydroxylation is 1. The van der Waals surface area contributed by atoms with E-state index in [9.17, 15) is 9.59 Å². The van der Waals surface area contributed by atoms with Crippen molar-refractivity contribution in [2.24, 2.45) is 0 Å². The van der Waals surface area contributed by atoms with Gasteiger partial charge < -0.3 is 14.4 Å². The first-order valence-electron chi connectivity index (χ1n) is 8.20. The Balaban J connectivity index is 2.55. The molecule has 0 saturated heterocycles. The molecule has 132 valence electrons. The van der Waals surface area contributed by atoms with E-state index < -0.39 is 12.1 Å². The monoisotopic (exact) mass is 333 g/mol. The van der Waals surface area contributed by atoms with Gasteiger partial charge >= 0.3 is 5.97 Å². The van der Waals surface area contributed by atoms with Crippen LogP contribution < -0.4 is 0 Å². The topological polar surface area (TPSA) is 55.8 Å². The van der Waals surface area contributed by atoms with E-state index >= 15 is 0 Å². The van der Waals surface area contributed by atoms with E-state index in [0.717, 1.165) is 12.0 Å². The van der Waals surface area contributed by atoms with Gasteiger partial charge in [0.2, 0.25) is 0 Å². The van der Waals surface area contributed by atoms with Crippen LogP contribution in [0.5, 0.6) is 0 Å². The van der Waals surface area contributed by atoms with E-state index in [4.69, 9.17) is 9.47 Å². The molecule has 1 amide bonds. The molecule has 0 N–H and O–H groups in total. The van der Waals surface area contributed by atoms with Crippen molar-refractivity contribution >= 4 is 11.9 Å². The summed E-state index contributed by atoms with van der Waals surface area (Å²) < 4.78 is 10.2. The number of carbonyl (C=O) groups excluding carboxylic acids is 2. The number of hydrogen-bond acceptors (Lipinski definition) is 4. The van der Waals surface area contributed by atoms with Crippen LogP contribution in [0.2, 0.25) is 0 Å². The molecule has 0 radical (unpaired) electrons. The Morgan fingerprint density at radius 3 is 2.54 bits per heavy atom. The summed E-state index contributed by atoms with van der Waals surface area (Å²) >= 11 is 0. The third-order valence-corrected chi connectivity index (χ3v) is 3.47. The quantitative estimate of drug-likeness (QED) is 0.488. The van der Waals surface area contributed by atoms with Crippen molar-refractivity contribution in [3.63, 3.8) is 0 Å². The fraction of sp³-hybridized carbons (Fsp3) is 0.474. The Labute approximate surface area is 144 Å². The molecule has 0 aliphatic heterocycles. The molecule has 1 aromatic carbocycles. The first-order chi connectivity index (χ1) is 11.5. The van der Waals surface area contributed by atoms with Crippen molar-refractivity contribution in [3.8, 4) is 0 Å². The minimum atomic E-state index is -0.715. The molecule has 0 bridgehead atoms. The summed E-state index contributed by atoms with van der Waals surface area (Å²) in [6.45, 7) is 10.3. The van der Waals surface area contributed by atoms with Crippen LogP contribution in [0.3, 0.4) is 0 Å². The van der Waals surface area contributed by atoms with Crippen LogP contribution in [0.4, 0.5) is 0 Å². The van der Waals surface area contributed by atoms with Crippen LogP contribution in [0, 0.1) is 6.92 Å². The van der Waals surface area contributed by atoms with E-state index in [0.29, 0.717) is 13.1 Å². The van der Waals surface area contributed by atoms with Crippen molar-refractivity contribution in [2.45, 2.75) is 39.8 Å². The van der Waals surface area contributed by atoms with Crippen LogP contribution in [-0.4, -0.2) is 42.6 Å². The van der Waals surface area contributed by atoms with Gasteiger partial charge in [0.15, 0.2) is 12.7 Å². The minimum absolute atomic E-state index is 0.207. The molecule has 0 aliphatic rings. The van der Waals surface area contributed by atoms with Gasteiger partial charge in [-0.2, -0.15) is 0 Å². The Hall–Kier alpha value is -2.14. The molecule has 5 heteroatoms. The molecule has 0 fully saturated rings. The highest BCUT2D eigenvalue weighted by atomic mass is 16.6. The smallest absolute Gasteiger partial charge is 0.335 e. The third kappa shape index (κ3) is 6.96. The van der Waals surface area contributed by atoms with Crippen molar-refractivity contribution in [1.29, 1.82) is 0 Å². The highest BCUT2D eigenvalue weighted by Crippen LogP contribution is 2.08. The second-order valence-electron chi connectivity index (χ2n) is 5.67. The zero-order valence-corrected chi connectivity index (χ0v) is 14.8. The third-order valence-electron chi connectivity index (χ3n) is 3.47. The van der Waals surface area contributed by atoms with Crippen molar-refractivity contribution in [2.75, 3.05) is 19.8 Å². The first kappa shape index (κ1) is 19.9. The molecule has 0 aromatic heterocycles. The van der Waals surface area contributed by atoms with E-state index in [1.165, 1.54) is 5.56 Å². The molecule has 0 saturated carbocycles. The summed E-state index contributed by atoms with van der Waals surface area (Å²) in [5.74, 6) is -0.751. The molecule has 0 spiro atoms. The second kappa shape index (κ2) is 10.6. The molecule has 24 heavy (non-hydrogen) atoms. The van der Waals surface area contributed by atoms with Gasteiger partial charge in [-0.25, -0.2) is 4.79 Å². The van der Waals surface area contributed by atoms with Crippen LogP contribution in [0.1, 0.15) is 31.4 Å². The Bertz CT molecular complexity index is 539. The fourth-order valence-corrected chi connectivity index (χ4v) is 2.10. The summed E-state index contributed by atoms with van der Waals surface area (Å²) in [5.41, 5.74) is 2.23. The second-order valence-corrected chi connectivity index (χ2v) is 5.67. The predicted molar refractivity (Wildman–Crippen MR) is 93.5 cm³/mol. The number of nitrogens with zero attached hydrogens (tertiary/aromatic N) is 1. The maximum atomic E-state index is 12.3. The van der Waals surface area contributed by atoms with Gasteiger partial charge in [-0.3, -0.25) is 4.79 Å². The van der Waals surface area contributed by atoms with E-state index in [-0.39, 0.29) is 19.1 Å². The van der Waals surface area contributed by atoms with E-state index in [2.05, 4.69) is 6.58 Å². The average Bonchev–Trinajstić information content (AvgIpc) is 2.58. The largest absolute Gasteiger partial charge is 0.454 e. The number of hydrogen-bond donors (Lipinski definition) is 0. The Kier molecular flexibility index (Phi) is 8.79. The van der Waals surface area contributed by atoms with Crippen molar-refractivity contribution < 1.29 is 19.1 Å². The van der Waals surface area contributed by atoms with E-state index in [1.54, 1.807) is 17.9 Å². The van der Waals surface area contributed by atoms with Crippen LogP contribution in [0.15, 0.2) is 36.9 Å². The van der Waals surface area contributed by atoms with Crippen molar-refractivity contribution in [3.05, 3.63) is 48.0 Å². The SMILES string of the molecule is C=CCOC(C)C(=O)OCC(=O)N(CCC)Cc1ccc(C)cc1. The van der Waals surface area contributed by atoms with Crippen LogP contribution in [-0.2, 0) is 25.6 Å². The van der Waals surface area contributed by atoms with Gasteiger partial charge in [0.05, 0.1) is 6.61 Å². The highest BCUT2D eigenvalue weighted by Gasteiger charge is 2.19. The average molecular weight is 333 g/mol. The zero-order valence-electron chi connectivity index (χ0n) is 14.8. The molecule has 0 aliphatic carbocycles. The van der Waals surface area contributed by atoms with Gasteiger partial charge in [0.1, 0.15) is 0 Å². The molecular weight excluding hydrogens is 306 g/mol. The lowest BCUT2D eigenvalue weighted by atomic mass is 10.1. The summed E-state index contributed by atoms with van der Waals surface area (Å²) in [6.07, 6.45) is 1.68. The van der Waals surface area contributed by atoms with Crippen LogP contribution >= 0.6 is 0 Å². The molecule has 1 unspecified atom stereocenters. The number of carbonyl (C=O) groups is 2. The summed E-state index contributed by atoms with van der Waals surface area (Å²) in [4.78, 5) is 25.8. The summed E-state index contributed by atoms with van der Waals surface area (Å²) in [6, 6.07) is 8.04. The lowest BCUT2D eigenvalue weighted by molar-refractivity contribution is -0.160. The fourth-order valence-electron chi connectivity index (χ4n) is 2.10. The lowest BCUT2D eigenvalue weighted by Crippen LogP contribution is -2.36. The number of ether oxygens (including phenoxy) is 2. The number of benzene rings is 1. The number of amides is 1. The molecule has 5 nitrogen and oxygen atoms in total. The van der Waals surface area contributed by atoms with Gasteiger partial charge in [-0.05, 0) is 25.8 Å². The van der Waals surface area contributed by atoms with Gasteiger partial charge in [0, 0.05) is 13.1 Å². The van der Waals surface area contributed by atoms with Crippen LogP contribution in [0.25, 0.3) is 0 Å². The molecule has 1 rings (SSSR count). The minimum Gasteiger partial charge on any atom is -0.454 e. The Morgan fingerprint density at radius 1 is 1.29 bits per heavy atom. The molecule has 1 atom stereocenters. The van der Waals surface area contributed by atoms with Gasteiger partial charge in [-0.15, -0.1) is 6.58 Å². The first-order valence-corrected chi connectivity index (χ1v) is 8.20. The lowest BCUT2D eigenvalue weighted by Gasteiger charge is -2.22. The highest BCUT2D eigenvalue weighted by molar-refractivity contribution is 5.82. The summed E-state index contributed by atoms with van der Waals surface area (Å²) in [7, 11) is 0. The number of esters is 1. The molecule has 1 aromatic rings. The zero-order chi connectivity index (χ0) is 17.9. The van der Waals surface area contributed by atoms with E-state index in [1.807, 2.05) is 38.1 Å². The maximum absolute atomic E-state index is 12.3. The van der Waals surface area contributed by atoms with Crippen molar-refractivity contribution in [1.82, 2.24) is 4.90 Å². The predicted octanol–water partition coefficient (Wildman–Crippen LogP) is 2.87. The van der Waals surface area contributed by atoms with Gasteiger partial charge in [0.25, 0.3) is 5.91 Å². The molecule has 0 heterocycles. The normalized spacial score (nSPS) is 11.6. The van der Waals surface area contributed by atoms with Gasteiger partial charge in [-0.1, -0.05) is 42.8 Å². The Morgan fingerprint density at radius 2 is 1.96 bits per heavy atom. The maximum Gasteiger partial charge on any atom is 0.335 e. The molecular formula is C19H27NO4.